The summed E-state index contributed by atoms with van der Waals surface area (Å²) in [5.41, 5.74) is 0. The zero-order chi connectivity index (χ0) is 10.4. The van der Waals surface area contributed by atoms with E-state index in [0.29, 0.717) is 6.54 Å². The van der Waals surface area contributed by atoms with Crippen LogP contribution in [0.2, 0.25) is 0 Å². The molecule has 0 aromatic rings. The molecule has 0 aliphatic carbocycles. The lowest BCUT2D eigenvalue weighted by atomic mass is 10.2. The predicted molar refractivity (Wildman–Crippen MR) is 58.3 cm³/mol. The molecule has 3 heteroatoms. The third-order valence-electron chi connectivity index (χ3n) is 2.98. The van der Waals surface area contributed by atoms with Gasteiger partial charge in [0.2, 0.25) is 6.54 Å². The second-order valence-corrected chi connectivity index (χ2v) is 4.15. The Morgan fingerprint density at radius 1 is 1.29 bits per heavy atom. The Labute approximate surface area is 87.0 Å². The number of rotatable bonds is 6. The summed E-state index contributed by atoms with van der Waals surface area (Å²) in [6, 6.07) is 0. The Hall–Kier alpha value is -0.440. The molecule has 1 aliphatic heterocycles. The number of nitrogens with zero attached hydrogens (tertiary/aromatic N) is 2. The minimum atomic E-state index is 0.182. The fourth-order valence-electron chi connectivity index (χ4n) is 2.04. The molecular weight excluding hydrogens is 176 g/mol. The number of hydrogen-bond acceptors (Lipinski definition) is 2. The Balaban J connectivity index is 2.36. The van der Waals surface area contributed by atoms with Crippen LogP contribution < -0.4 is 0 Å². The molecule has 3 nitrogen and oxygen atoms in total. The Bertz CT molecular complexity index is 182. The first-order chi connectivity index (χ1) is 6.79. The van der Waals surface area contributed by atoms with Gasteiger partial charge in [-0.1, -0.05) is 26.7 Å². The molecule has 0 spiro atoms. The third-order valence-corrected chi connectivity index (χ3v) is 2.98. The largest absolute Gasteiger partial charge is 0.257 e. The molecule has 1 heterocycles. The first-order valence-electron chi connectivity index (χ1n) is 5.97. The second kappa shape index (κ2) is 6.12. The lowest BCUT2D eigenvalue weighted by Gasteiger charge is -2.16. The molecule has 0 N–H and O–H groups in total. The van der Waals surface area contributed by atoms with Crippen molar-refractivity contribution >= 4 is 0 Å². The average molecular weight is 199 g/mol. The van der Waals surface area contributed by atoms with Crippen molar-refractivity contribution in [3.63, 3.8) is 0 Å². The third kappa shape index (κ3) is 3.05. The maximum atomic E-state index is 11.5. The van der Waals surface area contributed by atoms with Gasteiger partial charge >= 0.3 is 0 Å². The molecule has 0 aromatic heterocycles. The zero-order valence-corrected chi connectivity index (χ0v) is 9.54. The van der Waals surface area contributed by atoms with Crippen LogP contribution in [0.1, 0.15) is 46.0 Å². The monoisotopic (exact) mass is 199 g/mol. The highest BCUT2D eigenvalue weighted by molar-refractivity contribution is 4.67. The minimum Gasteiger partial charge on any atom is -0.236 e. The molecule has 1 unspecified atom stereocenters. The highest BCUT2D eigenvalue weighted by Crippen LogP contribution is 2.16. The molecule has 1 rings (SSSR count). The molecule has 1 fully saturated rings. The molecule has 14 heavy (non-hydrogen) atoms. The lowest BCUT2D eigenvalue weighted by molar-refractivity contribution is -0.577. The molecule has 0 saturated carbocycles. The van der Waals surface area contributed by atoms with Gasteiger partial charge in [0.1, 0.15) is 0 Å². The van der Waals surface area contributed by atoms with Gasteiger partial charge in [0.05, 0.1) is 6.54 Å². The van der Waals surface area contributed by atoms with Crippen LogP contribution in [-0.2, 0) is 0 Å². The predicted octanol–water partition coefficient (Wildman–Crippen LogP) is 2.40. The van der Waals surface area contributed by atoms with Crippen LogP contribution >= 0.6 is 0 Å². The summed E-state index contributed by atoms with van der Waals surface area (Å²) in [6.45, 7) is 7.16. The normalized spacial score (nSPS) is 23.3. The fourth-order valence-corrected chi connectivity index (χ4v) is 2.04. The molecule has 0 aromatic carbocycles. The summed E-state index contributed by atoms with van der Waals surface area (Å²) in [5, 5.41) is 0. The summed E-state index contributed by atoms with van der Waals surface area (Å²) in [5.74, 6) is 0. The molecule has 0 bridgehead atoms. The van der Waals surface area contributed by atoms with Gasteiger partial charge in [0.15, 0.2) is 0 Å². The van der Waals surface area contributed by atoms with Crippen molar-refractivity contribution in [1.29, 1.82) is 0 Å². The summed E-state index contributed by atoms with van der Waals surface area (Å²) in [6.07, 6.45) is 6.02. The van der Waals surface area contributed by atoms with E-state index in [4.69, 9.17) is 0 Å². The van der Waals surface area contributed by atoms with E-state index in [-0.39, 0.29) is 6.17 Å². The van der Waals surface area contributed by atoms with Crippen LogP contribution in [0.15, 0.2) is 0 Å². The van der Waals surface area contributed by atoms with Gasteiger partial charge < -0.3 is 0 Å². The molecular formula is C11H23N2O+. The zero-order valence-electron chi connectivity index (χ0n) is 9.54. The van der Waals surface area contributed by atoms with Crippen LogP contribution in [0, 0.1) is 4.91 Å². The molecule has 1 atom stereocenters. The molecule has 1 saturated heterocycles. The Morgan fingerprint density at radius 2 is 2.00 bits per heavy atom. The fraction of sp³-hybridized carbons (Fsp3) is 1.00. The lowest BCUT2D eigenvalue weighted by Crippen LogP contribution is -2.34. The number of unbranched alkanes of at least 4 members (excludes halogenated alkanes) is 2. The van der Waals surface area contributed by atoms with E-state index in [9.17, 15) is 4.91 Å². The van der Waals surface area contributed by atoms with Crippen molar-refractivity contribution in [1.82, 2.24) is 4.90 Å². The van der Waals surface area contributed by atoms with E-state index in [0.717, 1.165) is 19.5 Å². The Morgan fingerprint density at radius 3 is 2.64 bits per heavy atom. The van der Waals surface area contributed by atoms with Gasteiger partial charge in [-0.2, -0.15) is 0 Å². The average Bonchev–Trinajstić information content (AvgIpc) is 2.53. The SMILES string of the molecule is CCCCC1N(CCCC)CC[N+]1=O. The highest BCUT2D eigenvalue weighted by Gasteiger charge is 2.37. The van der Waals surface area contributed by atoms with Crippen LogP contribution in [-0.4, -0.2) is 35.5 Å². The first-order valence-corrected chi connectivity index (χ1v) is 5.97. The van der Waals surface area contributed by atoms with Gasteiger partial charge in [-0.05, 0) is 12.8 Å². The van der Waals surface area contributed by atoms with Crippen molar-refractivity contribution in [3.05, 3.63) is 4.91 Å². The van der Waals surface area contributed by atoms with Crippen LogP contribution in [0.4, 0.5) is 0 Å². The van der Waals surface area contributed by atoms with E-state index in [2.05, 4.69) is 18.7 Å². The molecule has 1 aliphatic rings. The molecule has 82 valence electrons. The second-order valence-electron chi connectivity index (χ2n) is 4.15. The maximum absolute atomic E-state index is 11.5. The van der Waals surface area contributed by atoms with Crippen LogP contribution in [0.3, 0.4) is 0 Å². The Kier molecular flexibility index (Phi) is 5.09. The van der Waals surface area contributed by atoms with Gasteiger partial charge in [0, 0.05) is 22.6 Å². The smallest absolute Gasteiger partial charge is 0.236 e. The number of nitroso groups, excluding NO2 is 1. The van der Waals surface area contributed by atoms with Crippen molar-refractivity contribution in [3.8, 4) is 0 Å². The highest BCUT2D eigenvalue weighted by atomic mass is 16.3. The van der Waals surface area contributed by atoms with Crippen molar-refractivity contribution in [2.24, 2.45) is 0 Å². The summed E-state index contributed by atoms with van der Waals surface area (Å²) in [4.78, 5) is 13.9. The molecule has 0 amide bonds. The van der Waals surface area contributed by atoms with Gasteiger partial charge in [0.25, 0.3) is 6.17 Å². The minimum absolute atomic E-state index is 0.182. The summed E-state index contributed by atoms with van der Waals surface area (Å²) < 4.78 is 1.27. The van der Waals surface area contributed by atoms with Gasteiger partial charge in [-0.25, -0.2) is 4.90 Å². The van der Waals surface area contributed by atoms with Crippen molar-refractivity contribution in [2.45, 2.75) is 52.1 Å². The number of hydrogen-bond donors (Lipinski definition) is 0. The van der Waals surface area contributed by atoms with E-state index in [1.54, 1.807) is 0 Å². The van der Waals surface area contributed by atoms with Crippen LogP contribution in [0.25, 0.3) is 0 Å². The molecule has 0 radical (unpaired) electrons. The maximum Gasteiger partial charge on any atom is 0.257 e. The van der Waals surface area contributed by atoms with Crippen molar-refractivity contribution in [2.75, 3.05) is 19.6 Å². The van der Waals surface area contributed by atoms with Crippen LogP contribution in [0.5, 0.6) is 0 Å². The summed E-state index contributed by atoms with van der Waals surface area (Å²) >= 11 is 0. The van der Waals surface area contributed by atoms with E-state index >= 15 is 0 Å². The topological polar surface area (TPSA) is 23.3 Å². The van der Waals surface area contributed by atoms with E-state index in [1.165, 1.54) is 30.4 Å². The van der Waals surface area contributed by atoms with E-state index in [1.807, 2.05) is 0 Å². The van der Waals surface area contributed by atoms with E-state index < -0.39 is 0 Å². The van der Waals surface area contributed by atoms with Gasteiger partial charge in [-0.15, -0.1) is 0 Å². The summed E-state index contributed by atoms with van der Waals surface area (Å²) in [7, 11) is 0. The van der Waals surface area contributed by atoms with Crippen molar-refractivity contribution < 1.29 is 4.76 Å². The standard InChI is InChI=1S/C11H23N2O/c1-3-5-7-11-12(8-6-4-2)9-10-13(11)14/h11H,3-10H2,1-2H3/q+1. The quantitative estimate of drug-likeness (QED) is 0.613. The first kappa shape index (κ1) is 11.6. The van der Waals surface area contributed by atoms with Gasteiger partial charge in [-0.3, -0.25) is 0 Å².